The number of benzene rings is 2. The van der Waals surface area contributed by atoms with Gasteiger partial charge in [0.15, 0.2) is 11.5 Å². The van der Waals surface area contributed by atoms with Gasteiger partial charge in [-0.3, -0.25) is 0 Å². The number of rotatable bonds is 6. The molecule has 0 radical (unpaired) electrons. The topological polar surface area (TPSA) is 57.4 Å². The first-order chi connectivity index (χ1) is 12.2. The van der Waals surface area contributed by atoms with Crippen molar-refractivity contribution in [2.75, 3.05) is 7.11 Å². The molecule has 3 aromatic rings. The number of aromatic nitrogens is 2. The average molecular weight is 448 g/mol. The molecule has 1 aliphatic rings. The summed E-state index contributed by atoms with van der Waals surface area (Å²) in [6, 6.07) is 13.9. The van der Waals surface area contributed by atoms with Crippen LogP contribution in [0.5, 0.6) is 11.5 Å². The van der Waals surface area contributed by atoms with Gasteiger partial charge in [-0.2, -0.15) is 4.98 Å². The maximum atomic E-state index is 5.95. The van der Waals surface area contributed by atoms with Crippen LogP contribution in [0.3, 0.4) is 0 Å². The fourth-order valence-corrected chi connectivity index (χ4v) is 3.23. The monoisotopic (exact) mass is 448 g/mol. The summed E-state index contributed by atoms with van der Waals surface area (Å²) < 4.78 is 17.8. The standard InChI is InChI=1S/C19H17IN2O3/c1-23-16-9-14(18-21-19(25-22-18)13-7-8-13)15(20)10-17(16)24-11-12-5-3-2-4-6-12/h2-6,9-10,13H,7-8,11H2,1H3. The summed E-state index contributed by atoms with van der Waals surface area (Å²) in [5.41, 5.74) is 2.00. The third-order valence-electron chi connectivity index (χ3n) is 4.10. The highest BCUT2D eigenvalue weighted by Gasteiger charge is 2.30. The van der Waals surface area contributed by atoms with Gasteiger partial charge in [-0.1, -0.05) is 35.5 Å². The van der Waals surface area contributed by atoms with Crippen LogP contribution in [-0.2, 0) is 6.61 Å². The van der Waals surface area contributed by atoms with Gasteiger partial charge >= 0.3 is 0 Å². The van der Waals surface area contributed by atoms with Crippen molar-refractivity contribution >= 4 is 22.6 Å². The number of hydrogen-bond acceptors (Lipinski definition) is 5. The molecule has 4 rings (SSSR count). The van der Waals surface area contributed by atoms with E-state index in [0.29, 0.717) is 29.8 Å². The van der Waals surface area contributed by atoms with Crippen molar-refractivity contribution < 1.29 is 14.0 Å². The second-order valence-corrected chi connectivity index (χ2v) is 7.15. The molecule has 0 bridgehead atoms. The van der Waals surface area contributed by atoms with Crippen LogP contribution in [0.1, 0.15) is 30.2 Å². The molecule has 0 N–H and O–H groups in total. The minimum absolute atomic E-state index is 0.439. The Labute approximate surface area is 159 Å². The van der Waals surface area contributed by atoms with E-state index in [9.17, 15) is 0 Å². The molecule has 128 valence electrons. The van der Waals surface area contributed by atoms with Crippen molar-refractivity contribution in [1.29, 1.82) is 0 Å². The summed E-state index contributed by atoms with van der Waals surface area (Å²) in [5, 5.41) is 4.12. The molecule has 0 unspecified atom stereocenters. The lowest BCUT2D eigenvalue weighted by Gasteiger charge is -2.13. The number of nitrogens with zero attached hydrogens (tertiary/aromatic N) is 2. The molecule has 0 saturated heterocycles. The maximum absolute atomic E-state index is 5.95. The molecule has 0 aliphatic heterocycles. The molecule has 25 heavy (non-hydrogen) atoms. The van der Waals surface area contributed by atoms with Gasteiger partial charge in [-0.25, -0.2) is 0 Å². The molecule has 1 saturated carbocycles. The Kier molecular flexibility index (Phi) is 4.61. The van der Waals surface area contributed by atoms with Crippen molar-refractivity contribution in [3.8, 4) is 22.9 Å². The highest BCUT2D eigenvalue weighted by molar-refractivity contribution is 14.1. The average Bonchev–Trinajstić information content (AvgIpc) is 3.38. The summed E-state index contributed by atoms with van der Waals surface area (Å²) in [4.78, 5) is 4.52. The van der Waals surface area contributed by atoms with Crippen LogP contribution in [0.15, 0.2) is 47.0 Å². The highest BCUT2D eigenvalue weighted by Crippen LogP contribution is 2.41. The van der Waals surface area contributed by atoms with Crippen molar-refractivity contribution in [3.63, 3.8) is 0 Å². The molecule has 0 atom stereocenters. The summed E-state index contributed by atoms with van der Waals surface area (Å²) in [6.45, 7) is 0.487. The third-order valence-corrected chi connectivity index (χ3v) is 4.99. The molecule has 1 aliphatic carbocycles. The van der Waals surface area contributed by atoms with Crippen molar-refractivity contribution in [2.24, 2.45) is 0 Å². The van der Waals surface area contributed by atoms with Gasteiger partial charge in [0.05, 0.1) is 7.11 Å². The predicted octanol–water partition coefficient (Wildman–Crippen LogP) is 4.81. The quantitative estimate of drug-likeness (QED) is 0.507. The minimum Gasteiger partial charge on any atom is -0.493 e. The SMILES string of the molecule is COc1cc(-c2noc(C3CC3)n2)c(I)cc1OCc1ccccc1. The van der Waals surface area contributed by atoms with Crippen molar-refractivity contribution in [3.05, 3.63) is 57.5 Å². The summed E-state index contributed by atoms with van der Waals surface area (Å²) in [6.07, 6.45) is 2.27. The Morgan fingerprint density at radius 3 is 2.68 bits per heavy atom. The van der Waals surface area contributed by atoms with Gasteiger partial charge in [-0.15, -0.1) is 0 Å². The normalized spacial score (nSPS) is 13.7. The van der Waals surface area contributed by atoms with E-state index in [-0.39, 0.29) is 0 Å². The van der Waals surface area contributed by atoms with E-state index < -0.39 is 0 Å². The first kappa shape index (κ1) is 16.4. The lowest BCUT2D eigenvalue weighted by atomic mass is 10.2. The molecule has 0 amide bonds. The first-order valence-corrected chi connectivity index (χ1v) is 9.20. The van der Waals surface area contributed by atoms with Crippen LogP contribution in [0.2, 0.25) is 0 Å². The van der Waals surface area contributed by atoms with Crippen LogP contribution in [0, 0.1) is 3.57 Å². The molecule has 2 aromatic carbocycles. The van der Waals surface area contributed by atoms with E-state index in [1.165, 1.54) is 0 Å². The minimum atomic E-state index is 0.439. The van der Waals surface area contributed by atoms with Gasteiger partial charge in [0.25, 0.3) is 0 Å². The number of ether oxygens (including phenoxy) is 2. The van der Waals surface area contributed by atoms with E-state index in [0.717, 1.165) is 33.4 Å². The predicted molar refractivity (Wildman–Crippen MR) is 102 cm³/mol. The molecule has 6 heteroatoms. The van der Waals surface area contributed by atoms with Gasteiger partial charge < -0.3 is 14.0 Å². The van der Waals surface area contributed by atoms with Crippen LogP contribution < -0.4 is 9.47 Å². The highest BCUT2D eigenvalue weighted by atomic mass is 127. The van der Waals surface area contributed by atoms with Crippen LogP contribution >= 0.6 is 22.6 Å². The fourth-order valence-electron chi connectivity index (χ4n) is 2.55. The summed E-state index contributed by atoms with van der Waals surface area (Å²) in [5.74, 6) is 3.12. The lowest BCUT2D eigenvalue weighted by Crippen LogP contribution is -1.99. The Hall–Kier alpha value is -2.09. The Morgan fingerprint density at radius 2 is 1.96 bits per heavy atom. The smallest absolute Gasteiger partial charge is 0.230 e. The van der Waals surface area contributed by atoms with E-state index in [1.807, 2.05) is 42.5 Å². The first-order valence-electron chi connectivity index (χ1n) is 8.13. The van der Waals surface area contributed by atoms with Crippen LogP contribution in [0.4, 0.5) is 0 Å². The summed E-state index contributed by atoms with van der Waals surface area (Å²) in [7, 11) is 1.63. The molecule has 5 nitrogen and oxygen atoms in total. The maximum Gasteiger partial charge on any atom is 0.230 e. The van der Waals surface area contributed by atoms with Crippen molar-refractivity contribution in [1.82, 2.24) is 10.1 Å². The van der Waals surface area contributed by atoms with Gasteiger partial charge in [-0.05, 0) is 53.1 Å². The Balaban J connectivity index is 1.59. The number of halogens is 1. The van der Waals surface area contributed by atoms with Crippen LogP contribution in [-0.4, -0.2) is 17.3 Å². The number of methoxy groups -OCH3 is 1. The molecule has 1 fully saturated rings. The van der Waals surface area contributed by atoms with Crippen LogP contribution in [0.25, 0.3) is 11.4 Å². The van der Waals surface area contributed by atoms with E-state index >= 15 is 0 Å². The second kappa shape index (κ2) is 7.03. The van der Waals surface area contributed by atoms with E-state index in [2.05, 4.69) is 32.7 Å². The number of hydrogen-bond donors (Lipinski definition) is 0. The third kappa shape index (κ3) is 3.63. The molecular weight excluding hydrogens is 431 g/mol. The van der Waals surface area contributed by atoms with Crippen molar-refractivity contribution in [2.45, 2.75) is 25.4 Å². The van der Waals surface area contributed by atoms with E-state index in [4.69, 9.17) is 14.0 Å². The zero-order valence-electron chi connectivity index (χ0n) is 13.7. The summed E-state index contributed by atoms with van der Waals surface area (Å²) >= 11 is 2.26. The fraction of sp³-hybridized carbons (Fsp3) is 0.263. The van der Waals surface area contributed by atoms with Gasteiger partial charge in [0.1, 0.15) is 6.61 Å². The zero-order chi connectivity index (χ0) is 17.2. The molecule has 0 spiro atoms. The Bertz CT molecular complexity index is 876. The molecule has 1 heterocycles. The molecular formula is C19H17IN2O3. The zero-order valence-corrected chi connectivity index (χ0v) is 15.9. The van der Waals surface area contributed by atoms with Gasteiger partial charge in [0.2, 0.25) is 11.7 Å². The Morgan fingerprint density at radius 1 is 1.16 bits per heavy atom. The largest absolute Gasteiger partial charge is 0.493 e. The molecule has 1 aromatic heterocycles. The second-order valence-electron chi connectivity index (χ2n) is 5.99. The van der Waals surface area contributed by atoms with Gasteiger partial charge in [0, 0.05) is 15.1 Å². The lowest BCUT2D eigenvalue weighted by molar-refractivity contribution is 0.284. The van der Waals surface area contributed by atoms with E-state index in [1.54, 1.807) is 7.11 Å².